The average molecular weight is 291 g/mol. The van der Waals surface area contributed by atoms with Crippen LogP contribution in [0, 0.1) is 0 Å². The SMILES string of the molecule is O=C(O)CSc1n[nH]c(C2CCOc3ccccc32)n1. The predicted molar refractivity (Wildman–Crippen MR) is 73.1 cm³/mol. The van der Waals surface area contributed by atoms with Gasteiger partial charge in [-0.1, -0.05) is 30.0 Å². The molecule has 1 aromatic carbocycles. The molecule has 7 heteroatoms. The molecule has 104 valence electrons. The van der Waals surface area contributed by atoms with Crippen molar-refractivity contribution in [1.29, 1.82) is 0 Å². The maximum absolute atomic E-state index is 10.5. The minimum atomic E-state index is -0.877. The summed E-state index contributed by atoms with van der Waals surface area (Å²) in [5, 5.41) is 16.1. The summed E-state index contributed by atoms with van der Waals surface area (Å²) in [5.74, 6) is 0.833. The van der Waals surface area contributed by atoms with E-state index in [1.54, 1.807) is 0 Å². The molecular formula is C13H13N3O3S. The normalized spacial score (nSPS) is 17.3. The first-order valence-electron chi connectivity index (χ1n) is 6.22. The van der Waals surface area contributed by atoms with E-state index in [1.165, 1.54) is 0 Å². The highest BCUT2D eigenvalue weighted by Crippen LogP contribution is 2.36. The molecule has 1 aliphatic heterocycles. The lowest BCUT2D eigenvalue weighted by atomic mass is 9.93. The largest absolute Gasteiger partial charge is 0.493 e. The molecule has 1 atom stereocenters. The number of carboxylic acids is 1. The Labute approximate surface area is 119 Å². The van der Waals surface area contributed by atoms with E-state index in [4.69, 9.17) is 9.84 Å². The Bertz CT molecular complexity index is 629. The van der Waals surface area contributed by atoms with Crippen LogP contribution in [0.4, 0.5) is 0 Å². The van der Waals surface area contributed by atoms with Gasteiger partial charge < -0.3 is 9.84 Å². The summed E-state index contributed by atoms with van der Waals surface area (Å²) in [5.41, 5.74) is 1.09. The van der Waals surface area contributed by atoms with Crippen molar-refractivity contribution in [2.75, 3.05) is 12.4 Å². The number of carbonyl (C=O) groups is 1. The summed E-state index contributed by atoms with van der Waals surface area (Å²) in [6, 6.07) is 7.87. The summed E-state index contributed by atoms with van der Waals surface area (Å²) in [4.78, 5) is 14.9. The Morgan fingerprint density at radius 1 is 1.50 bits per heavy atom. The number of hydrogen-bond acceptors (Lipinski definition) is 5. The summed E-state index contributed by atoms with van der Waals surface area (Å²) < 4.78 is 5.62. The number of thioether (sulfide) groups is 1. The van der Waals surface area contributed by atoms with Crippen molar-refractivity contribution >= 4 is 17.7 Å². The standard InChI is InChI=1S/C13H13N3O3S/c17-11(18)7-20-13-14-12(15-16-13)9-5-6-19-10-4-2-1-3-8(9)10/h1-4,9H,5-7H2,(H,17,18)(H,14,15,16). The number of ether oxygens (including phenoxy) is 1. The number of aliphatic carboxylic acids is 1. The van der Waals surface area contributed by atoms with Crippen LogP contribution in [0.2, 0.25) is 0 Å². The second-order valence-electron chi connectivity index (χ2n) is 4.41. The van der Waals surface area contributed by atoms with E-state index in [1.807, 2.05) is 24.3 Å². The lowest BCUT2D eigenvalue weighted by Gasteiger charge is -2.23. The second-order valence-corrected chi connectivity index (χ2v) is 5.36. The molecule has 6 nitrogen and oxygen atoms in total. The van der Waals surface area contributed by atoms with Gasteiger partial charge in [-0.05, 0) is 12.5 Å². The molecule has 20 heavy (non-hydrogen) atoms. The highest BCUT2D eigenvalue weighted by atomic mass is 32.2. The smallest absolute Gasteiger partial charge is 0.313 e. The van der Waals surface area contributed by atoms with Crippen molar-refractivity contribution in [2.45, 2.75) is 17.5 Å². The Balaban J connectivity index is 1.82. The molecule has 0 spiro atoms. The highest BCUT2D eigenvalue weighted by molar-refractivity contribution is 7.99. The molecule has 0 aliphatic carbocycles. The molecule has 0 radical (unpaired) electrons. The molecule has 3 rings (SSSR count). The van der Waals surface area contributed by atoms with Crippen molar-refractivity contribution in [3.8, 4) is 5.75 Å². The zero-order valence-electron chi connectivity index (χ0n) is 10.6. The van der Waals surface area contributed by atoms with E-state index in [-0.39, 0.29) is 11.7 Å². The van der Waals surface area contributed by atoms with Crippen LogP contribution in [0.1, 0.15) is 23.7 Å². The van der Waals surface area contributed by atoms with Gasteiger partial charge >= 0.3 is 5.97 Å². The van der Waals surface area contributed by atoms with Crippen molar-refractivity contribution in [3.63, 3.8) is 0 Å². The second kappa shape index (κ2) is 5.54. The van der Waals surface area contributed by atoms with Crippen LogP contribution in [0.15, 0.2) is 29.4 Å². The first-order chi connectivity index (χ1) is 9.74. The Morgan fingerprint density at radius 3 is 3.20 bits per heavy atom. The zero-order valence-corrected chi connectivity index (χ0v) is 11.4. The average Bonchev–Trinajstić information content (AvgIpc) is 2.93. The number of fused-ring (bicyclic) bond motifs is 1. The number of nitrogens with one attached hydrogen (secondary N) is 1. The first kappa shape index (κ1) is 13.0. The number of nitrogens with zero attached hydrogens (tertiary/aromatic N) is 2. The number of hydrogen-bond donors (Lipinski definition) is 2. The lowest BCUT2D eigenvalue weighted by Crippen LogP contribution is -2.16. The van der Waals surface area contributed by atoms with Crippen molar-refractivity contribution in [2.24, 2.45) is 0 Å². The molecule has 0 bridgehead atoms. The Hall–Kier alpha value is -2.02. The highest BCUT2D eigenvalue weighted by Gasteiger charge is 2.25. The minimum absolute atomic E-state index is 0.0400. The maximum atomic E-state index is 10.5. The van der Waals surface area contributed by atoms with Gasteiger partial charge in [-0.2, -0.15) is 0 Å². The van der Waals surface area contributed by atoms with Crippen LogP contribution in [0.5, 0.6) is 5.75 Å². The van der Waals surface area contributed by atoms with Gasteiger partial charge in [0.15, 0.2) is 0 Å². The quantitative estimate of drug-likeness (QED) is 0.836. The Kier molecular flexibility index (Phi) is 3.60. The summed E-state index contributed by atoms with van der Waals surface area (Å²) in [6.45, 7) is 0.639. The van der Waals surface area contributed by atoms with E-state index >= 15 is 0 Å². The molecule has 2 N–H and O–H groups in total. The third-order valence-corrected chi connectivity index (χ3v) is 3.93. The van der Waals surface area contributed by atoms with Gasteiger partial charge in [0, 0.05) is 5.56 Å². The number of carboxylic acid groups (broad SMARTS) is 1. The topological polar surface area (TPSA) is 88.1 Å². The lowest BCUT2D eigenvalue weighted by molar-refractivity contribution is -0.133. The monoisotopic (exact) mass is 291 g/mol. The fourth-order valence-electron chi connectivity index (χ4n) is 2.23. The van der Waals surface area contributed by atoms with Gasteiger partial charge in [0.1, 0.15) is 11.6 Å². The van der Waals surface area contributed by atoms with Gasteiger partial charge in [-0.25, -0.2) is 4.98 Å². The zero-order chi connectivity index (χ0) is 13.9. The first-order valence-corrected chi connectivity index (χ1v) is 7.21. The molecule has 0 amide bonds. The molecule has 1 unspecified atom stereocenters. The molecule has 0 saturated carbocycles. The van der Waals surface area contributed by atoms with Gasteiger partial charge in [-0.15, -0.1) is 5.10 Å². The molecule has 1 aromatic heterocycles. The summed E-state index contributed by atoms with van der Waals surface area (Å²) >= 11 is 1.11. The van der Waals surface area contributed by atoms with Crippen LogP contribution < -0.4 is 4.74 Å². The van der Waals surface area contributed by atoms with Gasteiger partial charge in [0.2, 0.25) is 5.16 Å². The fraction of sp³-hybridized carbons (Fsp3) is 0.308. The summed E-state index contributed by atoms with van der Waals surface area (Å²) in [6.07, 6.45) is 0.829. The maximum Gasteiger partial charge on any atom is 0.313 e. The Morgan fingerprint density at radius 2 is 2.35 bits per heavy atom. The van der Waals surface area contributed by atoms with Crippen LogP contribution in [0.25, 0.3) is 0 Å². The van der Waals surface area contributed by atoms with E-state index in [2.05, 4.69) is 15.2 Å². The van der Waals surface area contributed by atoms with Crippen molar-refractivity contribution in [1.82, 2.24) is 15.2 Å². The number of H-pyrrole nitrogens is 1. The number of benzene rings is 1. The van der Waals surface area contributed by atoms with E-state index in [0.717, 1.165) is 35.3 Å². The van der Waals surface area contributed by atoms with Gasteiger partial charge in [-0.3, -0.25) is 9.89 Å². The molecule has 0 fully saturated rings. The minimum Gasteiger partial charge on any atom is -0.493 e. The summed E-state index contributed by atoms with van der Waals surface area (Å²) in [7, 11) is 0. The van der Waals surface area contributed by atoms with E-state index < -0.39 is 5.97 Å². The van der Waals surface area contributed by atoms with Crippen LogP contribution in [-0.4, -0.2) is 38.6 Å². The van der Waals surface area contributed by atoms with Crippen LogP contribution in [-0.2, 0) is 4.79 Å². The van der Waals surface area contributed by atoms with Crippen LogP contribution >= 0.6 is 11.8 Å². The van der Waals surface area contributed by atoms with Crippen LogP contribution in [0.3, 0.4) is 0 Å². The third-order valence-electron chi connectivity index (χ3n) is 3.10. The fourth-order valence-corrected chi connectivity index (χ4v) is 2.76. The number of aromatic nitrogens is 3. The third kappa shape index (κ3) is 2.62. The predicted octanol–water partition coefficient (Wildman–Crippen LogP) is 1.90. The van der Waals surface area contributed by atoms with E-state index in [9.17, 15) is 4.79 Å². The molecule has 1 aliphatic rings. The van der Waals surface area contributed by atoms with Crippen molar-refractivity contribution in [3.05, 3.63) is 35.7 Å². The number of para-hydroxylation sites is 1. The van der Waals surface area contributed by atoms with Crippen molar-refractivity contribution < 1.29 is 14.6 Å². The van der Waals surface area contributed by atoms with Gasteiger partial charge in [0.25, 0.3) is 0 Å². The number of rotatable bonds is 4. The molecular weight excluding hydrogens is 278 g/mol. The van der Waals surface area contributed by atoms with Gasteiger partial charge in [0.05, 0.1) is 18.3 Å². The van der Waals surface area contributed by atoms with E-state index in [0.29, 0.717) is 11.8 Å². The number of aromatic amines is 1. The molecule has 2 aromatic rings. The molecule has 0 saturated heterocycles. The molecule has 2 heterocycles.